The van der Waals surface area contributed by atoms with E-state index in [1.54, 1.807) is 31.5 Å². The first-order valence-corrected chi connectivity index (χ1v) is 8.02. The minimum atomic E-state index is -0.273. The van der Waals surface area contributed by atoms with Crippen molar-refractivity contribution in [1.82, 2.24) is 19.9 Å². The lowest BCUT2D eigenvalue weighted by molar-refractivity contribution is 0.200. The SMILES string of the molecule is COCCc1nnc(SCc2ccc(F)c3cccnc23)n1N. The van der Waals surface area contributed by atoms with Crippen molar-refractivity contribution in [3.8, 4) is 0 Å². The molecular weight excluding hydrogens is 317 g/mol. The van der Waals surface area contributed by atoms with Crippen molar-refractivity contribution in [3.63, 3.8) is 0 Å². The van der Waals surface area contributed by atoms with Crippen LogP contribution in [-0.2, 0) is 16.9 Å². The third kappa shape index (κ3) is 3.27. The van der Waals surface area contributed by atoms with Gasteiger partial charge in [0.25, 0.3) is 0 Å². The van der Waals surface area contributed by atoms with Gasteiger partial charge in [0, 0.05) is 30.9 Å². The number of methoxy groups -OCH3 is 1. The van der Waals surface area contributed by atoms with Crippen molar-refractivity contribution in [2.75, 3.05) is 19.6 Å². The Morgan fingerprint density at radius 3 is 3.00 bits per heavy atom. The predicted molar refractivity (Wildman–Crippen MR) is 87.0 cm³/mol. The maximum absolute atomic E-state index is 13.8. The highest BCUT2D eigenvalue weighted by atomic mass is 32.2. The van der Waals surface area contributed by atoms with Gasteiger partial charge in [-0.05, 0) is 23.8 Å². The summed E-state index contributed by atoms with van der Waals surface area (Å²) in [5.41, 5.74) is 1.58. The molecule has 0 saturated carbocycles. The Morgan fingerprint density at radius 2 is 2.17 bits per heavy atom. The molecule has 1 aromatic carbocycles. The van der Waals surface area contributed by atoms with Gasteiger partial charge in [0.2, 0.25) is 5.16 Å². The number of aromatic nitrogens is 4. The molecule has 0 bridgehead atoms. The summed E-state index contributed by atoms with van der Waals surface area (Å²) in [4.78, 5) is 4.28. The van der Waals surface area contributed by atoms with E-state index in [1.807, 2.05) is 0 Å². The van der Waals surface area contributed by atoms with Crippen molar-refractivity contribution < 1.29 is 9.13 Å². The number of nitrogens with two attached hydrogens (primary N) is 1. The lowest BCUT2D eigenvalue weighted by atomic mass is 10.1. The average Bonchev–Trinajstić information content (AvgIpc) is 2.93. The second-order valence-electron chi connectivity index (χ2n) is 4.91. The zero-order valence-electron chi connectivity index (χ0n) is 12.6. The van der Waals surface area contributed by atoms with Crippen LogP contribution >= 0.6 is 11.8 Å². The van der Waals surface area contributed by atoms with Gasteiger partial charge in [-0.25, -0.2) is 9.07 Å². The highest BCUT2D eigenvalue weighted by molar-refractivity contribution is 7.98. The van der Waals surface area contributed by atoms with Crippen LogP contribution in [0.1, 0.15) is 11.4 Å². The molecule has 0 saturated heterocycles. The number of nitrogen functional groups attached to an aromatic ring is 1. The molecule has 0 aliphatic rings. The molecule has 0 aliphatic heterocycles. The van der Waals surface area contributed by atoms with Crippen LogP contribution in [0.4, 0.5) is 4.39 Å². The highest BCUT2D eigenvalue weighted by Gasteiger charge is 2.12. The largest absolute Gasteiger partial charge is 0.384 e. The standard InChI is InChI=1S/C15H16FN5OS/c1-22-8-6-13-19-20-15(21(13)17)23-9-10-4-5-12(16)11-3-2-7-18-14(10)11/h2-5,7H,6,8-9,17H2,1H3. The molecule has 2 N–H and O–H groups in total. The lowest BCUT2D eigenvalue weighted by Gasteiger charge is -2.06. The topological polar surface area (TPSA) is 78.9 Å². The summed E-state index contributed by atoms with van der Waals surface area (Å²) < 4.78 is 20.3. The molecule has 8 heteroatoms. The van der Waals surface area contributed by atoms with E-state index in [2.05, 4.69) is 15.2 Å². The minimum Gasteiger partial charge on any atom is -0.384 e. The van der Waals surface area contributed by atoms with Gasteiger partial charge in [0.05, 0.1) is 12.1 Å². The lowest BCUT2D eigenvalue weighted by Crippen LogP contribution is -2.15. The fraction of sp³-hybridized carbons (Fsp3) is 0.267. The molecule has 3 rings (SSSR count). The van der Waals surface area contributed by atoms with Gasteiger partial charge in [0.15, 0.2) is 5.82 Å². The molecule has 0 unspecified atom stereocenters. The molecule has 3 aromatic rings. The number of rotatable bonds is 6. The molecule has 120 valence electrons. The Kier molecular flexibility index (Phi) is 4.73. The normalized spacial score (nSPS) is 11.2. The van der Waals surface area contributed by atoms with E-state index in [4.69, 9.17) is 10.6 Å². The number of halogens is 1. The summed E-state index contributed by atoms with van der Waals surface area (Å²) in [7, 11) is 1.62. The number of nitrogens with zero attached hydrogens (tertiary/aromatic N) is 4. The van der Waals surface area contributed by atoms with Gasteiger partial charge in [-0.2, -0.15) is 0 Å². The van der Waals surface area contributed by atoms with Gasteiger partial charge < -0.3 is 10.6 Å². The second kappa shape index (κ2) is 6.93. The molecule has 0 aliphatic carbocycles. The summed E-state index contributed by atoms with van der Waals surface area (Å²) in [5, 5.41) is 9.25. The van der Waals surface area contributed by atoms with Gasteiger partial charge in [-0.3, -0.25) is 4.98 Å². The van der Waals surface area contributed by atoms with Gasteiger partial charge >= 0.3 is 0 Å². The Labute approximate surface area is 136 Å². The van der Waals surface area contributed by atoms with Crippen LogP contribution in [0.15, 0.2) is 35.6 Å². The first-order chi connectivity index (χ1) is 11.2. The number of thioether (sulfide) groups is 1. The van der Waals surface area contributed by atoms with Crippen LogP contribution in [0.2, 0.25) is 0 Å². The first-order valence-electron chi connectivity index (χ1n) is 7.04. The van der Waals surface area contributed by atoms with Crippen molar-refractivity contribution in [3.05, 3.63) is 47.7 Å². The fourth-order valence-corrected chi connectivity index (χ4v) is 3.09. The quantitative estimate of drug-likeness (QED) is 0.550. The Bertz CT molecular complexity index is 823. The van der Waals surface area contributed by atoms with E-state index >= 15 is 0 Å². The Morgan fingerprint density at radius 1 is 1.30 bits per heavy atom. The summed E-state index contributed by atoms with van der Waals surface area (Å²) in [5.74, 6) is 6.95. The van der Waals surface area contributed by atoms with E-state index in [9.17, 15) is 4.39 Å². The fourth-order valence-electron chi connectivity index (χ4n) is 2.22. The maximum Gasteiger partial charge on any atom is 0.210 e. The molecule has 0 fully saturated rings. The van der Waals surface area contributed by atoms with Crippen molar-refractivity contribution in [2.45, 2.75) is 17.3 Å². The predicted octanol–water partition coefficient (Wildman–Crippen LogP) is 2.16. The Balaban J connectivity index is 1.79. The maximum atomic E-state index is 13.8. The number of fused-ring (bicyclic) bond motifs is 1. The van der Waals surface area contributed by atoms with Gasteiger partial charge in [-0.1, -0.05) is 17.8 Å². The summed E-state index contributed by atoms with van der Waals surface area (Å²) in [6.45, 7) is 0.534. The van der Waals surface area contributed by atoms with E-state index in [1.165, 1.54) is 22.5 Å². The Hall–Kier alpha value is -2.19. The number of hydrogen-bond donors (Lipinski definition) is 1. The molecule has 0 radical (unpaired) electrons. The third-order valence-corrected chi connectivity index (χ3v) is 4.41. The third-order valence-electron chi connectivity index (χ3n) is 3.42. The highest BCUT2D eigenvalue weighted by Crippen LogP contribution is 2.26. The van der Waals surface area contributed by atoms with E-state index in [0.717, 1.165) is 5.56 Å². The van der Waals surface area contributed by atoms with Crippen LogP contribution < -0.4 is 5.84 Å². The number of benzene rings is 1. The molecule has 0 amide bonds. The van der Waals surface area contributed by atoms with Crippen LogP contribution in [0.3, 0.4) is 0 Å². The van der Waals surface area contributed by atoms with Crippen LogP contribution in [0, 0.1) is 5.82 Å². The number of hydrogen-bond acceptors (Lipinski definition) is 6. The zero-order chi connectivity index (χ0) is 16.2. The van der Waals surface area contributed by atoms with Crippen molar-refractivity contribution >= 4 is 22.7 Å². The van der Waals surface area contributed by atoms with E-state index in [-0.39, 0.29) is 5.82 Å². The molecule has 0 atom stereocenters. The molecule has 0 spiro atoms. The molecule has 2 heterocycles. The van der Waals surface area contributed by atoms with Gasteiger partial charge in [-0.15, -0.1) is 10.2 Å². The first kappa shape index (κ1) is 15.7. The molecule has 23 heavy (non-hydrogen) atoms. The van der Waals surface area contributed by atoms with Crippen LogP contribution in [-0.4, -0.2) is 33.6 Å². The van der Waals surface area contributed by atoms with E-state index in [0.29, 0.717) is 40.7 Å². The average molecular weight is 333 g/mol. The summed E-state index contributed by atoms with van der Waals surface area (Å²) in [6, 6.07) is 6.64. The van der Waals surface area contributed by atoms with Crippen molar-refractivity contribution in [1.29, 1.82) is 0 Å². The number of pyridine rings is 1. The monoisotopic (exact) mass is 333 g/mol. The van der Waals surface area contributed by atoms with Crippen LogP contribution in [0.5, 0.6) is 0 Å². The van der Waals surface area contributed by atoms with Gasteiger partial charge in [0.1, 0.15) is 5.82 Å². The summed E-state index contributed by atoms with van der Waals surface area (Å²) >= 11 is 1.44. The number of ether oxygens (including phenoxy) is 1. The summed E-state index contributed by atoms with van der Waals surface area (Å²) in [6.07, 6.45) is 2.26. The molecule has 2 aromatic heterocycles. The molecule has 6 nitrogen and oxygen atoms in total. The zero-order valence-corrected chi connectivity index (χ0v) is 13.4. The van der Waals surface area contributed by atoms with Crippen molar-refractivity contribution in [2.24, 2.45) is 0 Å². The minimum absolute atomic E-state index is 0.273. The van der Waals surface area contributed by atoms with E-state index < -0.39 is 0 Å². The smallest absolute Gasteiger partial charge is 0.210 e. The molecular formula is C15H16FN5OS. The second-order valence-corrected chi connectivity index (χ2v) is 5.85. The van der Waals surface area contributed by atoms with Crippen LogP contribution in [0.25, 0.3) is 10.9 Å².